The Morgan fingerprint density at radius 1 is 0.737 bits per heavy atom. The number of benzene rings is 2. The van der Waals surface area contributed by atoms with Crippen molar-refractivity contribution in [2.75, 3.05) is 4.90 Å². The van der Waals surface area contributed by atoms with Crippen molar-refractivity contribution in [1.29, 1.82) is 0 Å². The molecule has 0 radical (unpaired) electrons. The van der Waals surface area contributed by atoms with Crippen LogP contribution in [0.15, 0.2) is 112 Å². The number of nitrogens with zero attached hydrogens (tertiary/aromatic N) is 3. The fourth-order valence-electron chi connectivity index (χ4n) is 5.80. The van der Waals surface area contributed by atoms with Crippen molar-refractivity contribution in [3.63, 3.8) is 0 Å². The molecule has 6 heteroatoms. The van der Waals surface area contributed by atoms with E-state index in [4.69, 9.17) is 18.8 Å². The second-order valence-electron chi connectivity index (χ2n) is 10.0. The smallest absolute Gasteiger partial charge is 0.227 e. The van der Waals surface area contributed by atoms with Gasteiger partial charge in [-0.05, 0) is 37.1 Å². The van der Waals surface area contributed by atoms with Crippen molar-refractivity contribution in [2.45, 2.75) is 35.4 Å². The Labute approximate surface area is 224 Å². The van der Waals surface area contributed by atoms with E-state index in [2.05, 4.69) is 96.0 Å². The van der Waals surface area contributed by atoms with E-state index in [1.807, 2.05) is 23.9 Å². The summed E-state index contributed by atoms with van der Waals surface area (Å²) in [5.41, 5.74) is 6.29. The first kappa shape index (κ1) is 22.0. The lowest BCUT2D eigenvalue weighted by Gasteiger charge is -2.49. The highest BCUT2D eigenvalue weighted by molar-refractivity contribution is 8.01. The number of hydrogen-bond acceptors (Lipinski definition) is 6. The number of thioether (sulfide) groups is 1. The number of aromatic nitrogens is 2. The fraction of sp³-hybridized carbons (Fsp3) is 0.188. The van der Waals surface area contributed by atoms with Crippen LogP contribution in [0.2, 0.25) is 0 Å². The zero-order valence-corrected chi connectivity index (χ0v) is 21.4. The van der Waals surface area contributed by atoms with Crippen molar-refractivity contribution in [1.82, 2.24) is 9.97 Å². The Balaban J connectivity index is 1.11. The highest BCUT2D eigenvalue weighted by Crippen LogP contribution is 2.42. The van der Waals surface area contributed by atoms with Gasteiger partial charge in [0, 0.05) is 39.5 Å². The van der Waals surface area contributed by atoms with Gasteiger partial charge in [0.25, 0.3) is 0 Å². The Kier molecular flexibility index (Phi) is 5.08. The summed E-state index contributed by atoms with van der Waals surface area (Å²) < 4.78 is 12.3. The van der Waals surface area contributed by atoms with Crippen LogP contribution in [0.1, 0.15) is 18.7 Å². The summed E-state index contributed by atoms with van der Waals surface area (Å²) in [6.07, 6.45) is 26.2. The number of rotatable bonds is 3. The molecule has 1 saturated heterocycles. The average molecular weight is 516 g/mol. The van der Waals surface area contributed by atoms with E-state index in [9.17, 15) is 0 Å². The molecule has 4 aliphatic rings. The highest BCUT2D eigenvalue weighted by atomic mass is 32.2. The van der Waals surface area contributed by atoms with Crippen molar-refractivity contribution < 1.29 is 8.83 Å². The molecule has 4 unspecified atom stereocenters. The molecule has 0 bridgehead atoms. The van der Waals surface area contributed by atoms with Crippen molar-refractivity contribution >= 4 is 45.2 Å². The van der Waals surface area contributed by atoms with E-state index in [0.29, 0.717) is 39.9 Å². The molecule has 0 spiro atoms. The Morgan fingerprint density at radius 2 is 1.37 bits per heavy atom. The predicted molar refractivity (Wildman–Crippen MR) is 155 cm³/mol. The molecule has 2 aromatic carbocycles. The zero-order chi connectivity index (χ0) is 25.1. The van der Waals surface area contributed by atoms with Gasteiger partial charge < -0.3 is 13.7 Å². The van der Waals surface area contributed by atoms with Crippen LogP contribution < -0.4 is 4.90 Å². The summed E-state index contributed by atoms with van der Waals surface area (Å²) in [5, 5.41) is 0.875. The molecule has 3 heterocycles. The van der Waals surface area contributed by atoms with Gasteiger partial charge in [-0.1, -0.05) is 66.8 Å². The number of allylic oxidation sites excluding steroid dienone is 8. The van der Waals surface area contributed by atoms with Gasteiger partial charge in [0.05, 0.1) is 12.1 Å². The lowest BCUT2D eigenvalue weighted by molar-refractivity contribution is 0.580. The molecule has 186 valence electrons. The topological polar surface area (TPSA) is 55.3 Å². The van der Waals surface area contributed by atoms with Crippen LogP contribution in [0.3, 0.4) is 0 Å². The first-order chi connectivity index (χ1) is 18.8. The third-order valence-electron chi connectivity index (χ3n) is 7.67. The predicted octanol–water partition coefficient (Wildman–Crippen LogP) is 7.65. The Hall–Kier alpha value is -4.03. The molecular weight excluding hydrogens is 490 g/mol. The summed E-state index contributed by atoms with van der Waals surface area (Å²) in [4.78, 5) is 12.1. The molecule has 0 saturated carbocycles. The van der Waals surface area contributed by atoms with E-state index in [1.165, 1.54) is 5.69 Å². The quantitative estimate of drug-likeness (QED) is 0.279. The van der Waals surface area contributed by atoms with Crippen LogP contribution in [-0.2, 0) is 0 Å². The lowest BCUT2D eigenvalue weighted by Crippen LogP contribution is -2.55. The van der Waals surface area contributed by atoms with Gasteiger partial charge in [-0.3, -0.25) is 0 Å². The molecule has 8 rings (SSSR count). The molecule has 3 aliphatic carbocycles. The molecule has 4 atom stereocenters. The summed E-state index contributed by atoms with van der Waals surface area (Å²) >= 11 is 2.05. The third-order valence-corrected chi connectivity index (χ3v) is 9.17. The maximum atomic E-state index is 6.20. The molecule has 2 aromatic heterocycles. The number of fused-ring (bicyclic) bond motifs is 4. The molecule has 38 heavy (non-hydrogen) atoms. The molecule has 0 N–H and O–H groups in total. The maximum absolute atomic E-state index is 6.20. The van der Waals surface area contributed by atoms with Crippen LogP contribution in [0, 0.1) is 0 Å². The lowest BCUT2D eigenvalue weighted by atomic mass is 9.97. The van der Waals surface area contributed by atoms with E-state index < -0.39 is 0 Å². The van der Waals surface area contributed by atoms with Gasteiger partial charge in [0.1, 0.15) is 11.0 Å². The van der Waals surface area contributed by atoms with E-state index in [1.54, 1.807) is 0 Å². The van der Waals surface area contributed by atoms with Gasteiger partial charge in [-0.25, -0.2) is 9.97 Å². The van der Waals surface area contributed by atoms with Crippen LogP contribution in [0.5, 0.6) is 0 Å². The number of oxazole rings is 2. The normalized spacial score (nSPS) is 25.7. The number of anilines is 1. The van der Waals surface area contributed by atoms with E-state index >= 15 is 0 Å². The standard InChI is InChI=1S/C32H25N3O2S/c1-2-8-20(9-3-1)31-33-23-18-28-24(19-27(23)36-31)34-32(37-28)21-14-16-22(17-15-21)35-25-10-4-6-12-29(25)38-30-13-7-5-11-26(30)35/h1-2,4-8,10-19,25-26,29-30H,3,9H2. The molecule has 1 fully saturated rings. The van der Waals surface area contributed by atoms with Crippen LogP contribution >= 0.6 is 11.8 Å². The number of hydrogen-bond donors (Lipinski definition) is 0. The highest BCUT2D eigenvalue weighted by Gasteiger charge is 2.40. The Morgan fingerprint density at radius 3 is 2.03 bits per heavy atom. The molecular formula is C32H25N3O2S. The van der Waals surface area contributed by atoms with Crippen molar-refractivity contribution in [2.24, 2.45) is 0 Å². The molecule has 1 aliphatic heterocycles. The average Bonchev–Trinajstić information content (AvgIpc) is 3.58. The van der Waals surface area contributed by atoms with Gasteiger partial charge in [-0.2, -0.15) is 0 Å². The van der Waals surface area contributed by atoms with E-state index in [0.717, 1.165) is 40.6 Å². The summed E-state index contributed by atoms with van der Waals surface area (Å²) in [6.45, 7) is 0. The summed E-state index contributed by atoms with van der Waals surface area (Å²) in [6, 6.07) is 13.1. The van der Waals surface area contributed by atoms with Gasteiger partial charge in [0.15, 0.2) is 11.2 Å². The minimum absolute atomic E-state index is 0.325. The van der Waals surface area contributed by atoms with Crippen molar-refractivity contribution in [3.8, 4) is 11.5 Å². The zero-order valence-electron chi connectivity index (χ0n) is 20.6. The SMILES string of the molecule is C1=CCCC(c2nc3cc4oc(-c5ccc(N6C7C=CC=CC7SC7C=CC=CC76)cc5)nc4cc3o2)=C1. The van der Waals surface area contributed by atoms with Crippen LogP contribution in [-0.4, -0.2) is 32.6 Å². The molecule has 5 nitrogen and oxygen atoms in total. The minimum atomic E-state index is 0.325. The first-order valence-corrected chi connectivity index (χ1v) is 14.1. The summed E-state index contributed by atoms with van der Waals surface area (Å²) in [5.74, 6) is 1.28. The largest absolute Gasteiger partial charge is 0.436 e. The Bertz CT molecular complexity index is 1650. The molecule has 0 amide bonds. The second-order valence-corrected chi connectivity index (χ2v) is 11.4. The van der Waals surface area contributed by atoms with Gasteiger partial charge in [-0.15, -0.1) is 11.8 Å². The maximum Gasteiger partial charge on any atom is 0.227 e. The van der Waals surface area contributed by atoms with Gasteiger partial charge >= 0.3 is 0 Å². The summed E-state index contributed by atoms with van der Waals surface area (Å²) in [7, 11) is 0. The minimum Gasteiger partial charge on any atom is -0.436 e. The molecule has 4 aromatic rings. The third kappa shape index (κ3) is 3.63. The monoisotopic (exact) mass is 515 g/mol. The first-order valence-electron chi connectivity index (χ1n) is 13.1. The van der Waals surface area contributed by atoms with E-state index in [-0.39, 0.29) is 0 Å². The second kappa shape index (κ2) is 8.77. The van der Waals surface area contributed by atoms with Gasteiger partial charge in [0.2, 0.25) is 11.8 Å². The van der Waals surface area contributed by atoms with Crippen molar-refractivity contribution in [3.05, 3.63) is 109 Å². The van der Waals surface area contributed by atoms with Crippen LogP contribution in [0.25, 0.3) is 39.2 Å². The van der Waals surface area contributed by atoms with Crippen LogP contribution in [0.4, 0.5) is 5.69 Å². The fourth-order valence-corrected chi connectivity index (χ4v) is 7.29.